The molecular weight excluding hydrogens is 330 g/mol. The Bertz CT molecular complexity index is 649. The van der Waals surface area contributed by atoms with Gasteiger partial charge in [-0.1, -0.05) is 0 Å². The van der Waals surface area contributed by atoms with Crippen LogP contribution in [0.4, 0.5) is 5.82 Å². The fraction of sp³-hybridized carbons (Fsp3) is 0.737. The zero-order valence-corrected chi connectivity index (χ0v) is 15.8. The zero-order chi connectivity index (χ0) is 18.1. The number of likely N-dealkylation sites (tertiary alicyclic amines) is 1. The van der Waals surface area contributed by atoms with Crippen LogP contribution in [0.5, 0.6) is 0 Å². The Morgan fingerprint density at radius 1 is 1.19 bits per heavy atom. The summed E-state index contributed by atoms with van der Waals surface area (Å²) in [5.74, 6) is 2.42. The summed E-state index contributed by atoms with van der Waals surface area (Å²) in [5.41, 5.74) is 2.18. The smallest absolute Gasteiger partial charge is 0.252 e. The van der Waals surface area contributed by atoms with Gasteiger partial charge in [0.15, 0.2) is 0 Å². The first-order valence-corrected chi connectivity index (χ1v) is 9.82. The van der Waals surface area contributed by atoms with Gasteiger partial charge in [0.1, 0.15) is 17.7 Å². The van der Waals surface area contributed by atoms with E-state index in [1.807, 2.05) is 11.9 Å². The third kappa shape index (κ3) is 3.42. The Morgan fingerprint density at radius 2 is 2.00 bits per heavy atom. The molecule has 7 heteroatoms. The molecule has 2 saturated heterocycles. The molecule has 0 unspecified atom stereocenters. The number of hydrogen-bond donors (Lipinski definition) is 1. The number of anilines is 1. The lowest BCUT2D eigenvalue weighted by molar-refractivity contribution is -0.141. The van der Waals surface area contributed by atoms with Crippen LogP contribution in [0.15, 0.2) is 0 Å². The lowest BCUT2D eigenvalue weighted by Crippen LogP contribution is -2.42. The van der Waals surface area contributed by atoms with E-state index in [0.29, 0.717) is 19.1 Å². The standard InChI is InChI=1S/C19H29N5O2/c1-20-18-14-12-24(19(25)16-4-3-11-26-16)10-7-15(14)21-17(22-18)13-5-8-23(2)9-6-13/h13,16H,3-12H2,1-2H3,(H,20,21,22)/t16-/m1/s1. The normalized spacial score (nSPS) is 24.5. The van der Waals surface area contributed by atoms with Gasteiger partial charge in [0, 0.05) is 38.1 Å². The van der Waals surface area contributed by atoms with Crippen LogP contribution >= 0.6 is 0 Å². The average Bonchev–Trinajstić information content (AvgIpc) is 3.21. The summed E-state index contributed by atoms with van der Waals surface area (Å²) in [4.78, 5) is 26.7. The summed E-state index contributed by atoms with van der Waals surface area (Å²) in [6.45, 7) is 4.20. The number of carbonyl (C=O) groups is 1. The molecule has 1 N–H and O–H groups in total. The molecular formula is C19H29N5O2. The molecule has 0 aliphatic carbocycles. The van der Waals surface area contributed by atoms with Crippen molar-refractivity contribution in [1.29, 1.82) is 0 Å². The Labute approximate surface area is 155 Å². The molecule has 3 aliphatic heterocycles. The van der Waals surface area contributed by atoms with Gasteiger partial charge in [-0.25, -0.2) is 9.97 Å². The number of piperidine rings is 1. The van der Waals surface area contributed by atoms with Crippen LogP contribution in [0.3, 0.4) is 0 Å². The Balaban J connectivity index is 1.54. The number of aromatic nitrogens is 2. The Morgan fingerprint density at radius 3 is 2.69 bits per heavy atom. The molecule has 3 aliphatic rings. The van der Waals surface area contributed by atoms with Gasteiger partial charge in [0.2, 0.25) is 0 Å². The molecule has 1 aromatic heterocycles. The van der Waals surface area contributed by atoms with Crippen LogP contribution in [-0.2, 0) is 22.5 Å². The van der Waals surface area contributed by atoms with E-state index in [2.05, 4.69) is 17.3 Å². The number of ether oxygens (including phenoxy) is 1. The molecule has 0 aromatic carbocycles. The van der Waals surface area contributed by atoms with Gasteiger partial charge >= 0.3 is 0 Å². The monoisotopic (exact) mass is 359 g/mol. The number of carbonyl (C=O) groups excluding carboxylic acids is 1. The van der Waals surface area contributed by atoms with E-state index in [1.54, 1.807) is 0 Å². The van der Waals surface area contributed by atoms with Crippen molar-refractivity contribution in [3.63, 3.8) is 0 Å². The predicted molar refractivity (Wildman–Crippen MR) is 99.1 cm³/mol. The Hall–Kier alpha value is -1.73. The summed E-state index contributed by atoms with van der Waals surface area (Å²) in [5, 5.41) is 3.24. The SMILES string of the molecule is CNc1nc(C2CCN(C)CC2)nc2c1CN(C(=O)[C@H]1CCCO1)CC2. The lowest BCUT2D eigenvalue weighted by Gasteiger charge is -2.32. The molecule has 1 aromatic rings. The summed E-state index contributed by atoms with van der Waals surface area (Å²) in [6, 6.07) is 0. The van der Waals surface area contributed by atoms with Crippen molar-refractivity contribution in [2.45, 2.75) is 50.7 Å². The van der Waals surface area contributed by atoms with E-state index < -0.39 is 0 Å². The highest BCUT2D eigenvalue weighted by Crippen LogP contribution is 2.30. The first kappa shape index (κ1) is 17.7. The molecule has 1 amide bonds. The van der Waals surface area contributed by atoms with Gasteiger partial charge in [-0.3, -0.25) is 4.79 Å². The first-order chi connectivity index (χ1) is 12.7. The van der Waals surface area contributed by atoms with Crippen molar-refractivity contribution in [3.05, 3.63) is 17.1 Å². The van der Waals surface area contributed by atoms with Crippen molar-refractivity contribution >= 4 is 11.7 Å². The number of rotatable bonds is 3. The summed E-state index contributed by atoms with van der Waals surface area (Å²) >= 11 is 0. The molecule has 4 heterocycles. The van der Waals surface area contributed by atoms with Crippen molar-refractivity contribution < 1.29 is 9.53 Å². The maximum Gasteiger partial charge on any atom is 0.252 e. The van der Waals surface area contributed by atoms with Crippen molar-refractivity contribution in [1.82, 2.24) is 19.8 Å². The summed E-state index contributed by atoms with van der Waals surface area (Å²) in [7, 11) is 4.07. The molecule has 1 atom stereocenters. The molecule has 2 fully saturated rings. The Kier molecular flexibility index (Phi) is 5.09. The molecule has 142 valence electrons. The van der Waals surface area contributed by atoms with Gasteiger partial charge in [0.25, 0.3) is 5.91 Å². The topological polar surface area (TPSA) is 70.6 Å². The number of fused-ring (bicyclic) bond motifs is 1. The highest BCUT2D eigenvalue weighted by molar-refractivity contribution is 5.81. The molecule has 0 saturated carbocycles. The van der Waals surface area contributed by atoms with E-state index in [9.17, 15) is 4.79 Å². The quantitative estimate of drug-likeness (QED) is 0.879. The molecule has 4 rings (SSSR count). The van der Waals surface area contributed by atoms with Crippen LogP contribution in [0.1, 0.15) is 48.7 Å². The minimum absolute atomic E-state index is 0.120. The number of nitrogens with one attached hydrogen (secondary N) is 1. The van der Waals surface area contributed by atoms with Crippen LogP contribution in [0, 0.1) is 0 Å². The van der Waals surface area contributed by atoms with E-state index in [1.165, 1.54) is 0 Å². The second-order valence-corrected chi connectivity index (χ2v) is 7.69. The molecule has 0 bridgehead atoms. The minimum atomic E-state index is -0.256. The molecule has 0 spiro atoms. The van der Waals surface area contributed by atoms with Crippen LogP contribution in [-0.4, -0.2) is 72.1 Å². The largest absolute Gasteiger partial charge is 0.373 e. The second-order valence-electron chi connectivity index (χ2n) is 7.69. The molecule has 7 nitrogen and oxygen atoms in total. The summed E-state index contributed by atoms with van der Waals surface area (Å²) in [6.07, 6.45) is 4.58. The third-order valence-electron chi connectivity index (χ3n) is 5.91. The third-order valence-corrected chi connectivity index (χ3v) is 5.91. The van der Waals surface area contributed by atoms with Gasteiger partial charge in [0.05, 0.1) is 12.2 Å². The van der Waals surface area contributed by atoms with Crippen molar-refractivity contribution in [2.75, 3.05) is 45.7 Å². The average molecular weight is 359 g/mol. The minimum Gasteiger partial charge on any atom is -0.373 e. The molecule has 0 radical (unpaired) electrons. The van der Waals surface area contributed by atoms with Crippen LogP contribution in [0.2, 0.25) is 0 Å². The fourth-order valence-electron chi connectivity index (χ4n) is 4.25. The van der Waals surface area contributed by atoms with E-state index in [-0.39, 0.29) is 12.0 Å². The van der Waals surface area contributed by atoms with Gasteiger partial charge < -0.3 is 19.9 Å². The van der Waals surface area contributed by atoms with Gasteiger partial charge in [-0.05, 0) is 45.8 Å². The maximum absolute atomic E-state index is 12.7. The van der Waals surface area contributed by atoms with Crippen molar-refractivity contribution in [3.8, 4) is 0 Å². The lowest BCUT2D eigenvalue weighted by atomic mass is 9.95. The highest BCUT2D eigenvalue weighted by atomic mass is 16.5. The number of hydrogen-bond acceptors (Lipinski definition) is 6. The molecule has 26 heavy (non-hydrogen) atoms. The highest BCUT2D eigenvalue weighted by Gasteiger charge is 2.32. The first-order valence-electron chi connectivity index (χ1n) is 9.82. The van der Waals surface area contributed by atoms with Gasteiger partial charge in [-0.15, -0.1) is 0 Å². The van der Waals surface area contributed by atoms with E-state index in [4.69, 9.17) is 14.7 Å². The number of amides is 1. The fourth-order valence-corrected chi connectivity index (χ4v) is 4.25. The predicted octanol–water partition coefficient (Wildman–Crippen LogP) is 1.39. The van der Waals surface area contributed by atoms with Gasteiger partial charge in [-0.2, -0.15) is 0 Å². The zero-order valence-electron chi connectivity index (χ0n) is 15.8. The van der Waals surface area contributed by atoms with E-state index >= 15 is 0 Å². The number of nitrogens with zero attached hydrogens (tertiary/aromatic N) is 4. The van der Waals surface area contributed by atoms with Crippen LogP contribution < -0.4 is 5.32 Å². The van der Waals surface area contributed by atoms with Crippen LogP contribution in [0.25, 0.3) is 0 Å². The summed E-state index contributed by atoms with van der Waals surface area (Å²) < 4.78 is 5.58. The van der Waals surface area contributed by atoms with E-state index in [0.717, 1.165) is 74.6 Å². The maximum atomic E-state index is 12.7. The second kappa shape index (κ2) is 7.48. The van der Waals surface area contributed by atoms with Crippen molar-refractivity contribution in [2.24, 2.45) is 0 Å².